The molecule has 0 radical (unpaired) electrons. The van der Waals surface area contributed by atoms with Gasteiger partial charge in [-0.25, -0.2) is 0 Å². The molecule has 0 N–H and O–H groups in total. The van der Waals surface area contributed by atoms with Gasteiger partial charge in [-0.05, 0) is 104 Å². The Balaban J connectivity index is 0.874. The Morgan fingerprint density at radius 2 is 0.857 bits per heavy atom. The largest absolute Gasteiger partial charge is 0.309 e. The van der Waals surface area contributed by atoms with E-state index in [1.807, 2.05) is 0 Å². The first-order chi connectivity index (χ1) is 31.0. The Bertz CT molecular complexity index is 3480. The molecule has 298 valence electrons. The minimum absolute atomic E-state index is 0.187. The zero-order chi connectivity index (χ0) is 42.1. The molecule has 63 heavy (non-hydrogen) atoms. The van der Waals surface area contributed by atoms with Crippen molar-refractivity contribution in [2.24, 2.45) is 0 Å². The first-order valence-corrected chi connectivity index (χ1v) is 21.9. The molecule has 0 aliphatic heterocycles. The minimum atomic E-state index is -0.187. The van der Waals surface area contributed by atoms with Crippen molar-refractivity contribution in [3.8, 4) is 56.0 Å². The summed E-state index contributed by atoms with van der Waals surface area (Å²) in [6.45, 7) is 4.77. The van der Waals surface area contributed by atoms with E-state index < -0.39 is 0 Å². The molecule has 0 bridgehead atoms. The molecule has 0 saturated carbocycles. The van der Waals surface area contributed by atoms with Crippen molar-refractivity contribution in [2.45, 2.75) is 19.3 Å². The van der Waals surface area contributed by atoms with Gasteiger partial charge in [0.1, 0.15) is 0 Å². The van der Waals surface area contributed by atoms with Crippen LogP contribution in [0.15, 0.2) is 218 Å². The van der Waals surface area contributed by atoms with E-state index in [1.165, 1.54) is 105 Å². The summed E-state index contributed by atoms with van der Waals surface area (Å²) in [6, 6.07) is 79.8. The van der Waals surface area contributed by atoms with Gasteiger partial charge in [0.25, 0.3) is 0 Å². The highest BCUT2D eigenvalue weighted by molar-refractivity contribution is 6.10. The Hall–Kier alpha value is -7.94. The van der Waals surface area contributed by atoms with Crippen LogP contribution < -0.4 is 0 Å². The van der Waals surface area contributed by atoms with Gasteiger partial charge in [-0.2, -0.15) is 0 Å². The molecule has 12 rings (SSSR count). The molecule has 1 aliphatic rings. The normalized spacial score (nSPS) is 13.0. The molecule has 2 aromatic heterocycles. The average Bonchev–Trinajstić information content (AvgIpc) is 3.94. The van der Waals surface area contributed by atoms with E-state index in [1.54, 1.807) is 0 Å². The monoisotopic (exact) mass is 804 g/mol. The number of benzene rings is 9. The van der Waals surface area contributed by atoms with Crippen LogP contribution >= 0.6 is 0 Å². The SMILES string of the molecule is CC1(C)c2cc(/C=C/c3ccc(-c4ccc(-n5c6ccccc6c6ccccc65)cc4)cc3)ccc2-c2cc3c(-c4ccccc4)c(-c4ccccc4)n(-c4ccccc4)c3cc21. The fourth-order valence-corrected chi connectivity index (χ4v) is 10.2. The highest BCUT2D eigenvalue weighted by Gasteiger charge is 2.37. The van der Waals surface area contributed by atoms with Crippen LogP contribution in [0.4, 0.5) is 0 Å². The Labute approximate surface area is 368 Å². The van der Waals surface area contributed by atoms with Crippen LogP contribution in [-0.2, 0) is 5.41 Å². The highest BCUT2D eigenvalue weighted by Crippen LogP contribution is 2.53. The molecular formula is C61H44N2. The predicted molar refractivity (Wildman–Crippen MR) is 267 cm³/mol. The number of hydrogen-bond acceptors (Lipinski definition) is 0. The summed E-state index contributed by atoms with van der Waals surface area (Å²) in [4.78, 5) is 0. The van der Waals surface area contributed by atoms with Gasteiger partial charge < -0.3 is 9.13 Å². The highest BCUT2D eigenvalue weighted by atomic mass is 15.0. The lowest BCUT2D eigenvalue weighted by molar-refractivity contribution is 0.661. The van der Waals surface area contributed by atoms with E-state index in [9.17, 15) is 0 Å². The summed E-state index contributed by atoms with van der Waals surface area (Å²) >= 11 is 0. The van der Waals surface area contributed by atoms with E-state index in [0.29, 0.717) is 0 Å². The first-order valence-electron chi connectivity index (χ1n) is 21.9. The van der Waals surface area contributed by atoms with E-state index in [2.05, 4.69) is 254 Å². The van der Waals surface area contributed by atoms with Crippen LogP contribution in [-0.4, -0.2) is 9.13 Å². The van der Waals surface area contributed by atoms with Gasteiger partial charge in [-0.1, -0.05) is 196 Å². The van der Waals surface area contributed by atoms with Crippen LogP contribution in [0.3, 0.4) is 0 Å². The summed E-state index contributed by atoms with van der Waals surface area (Å²) in [6.07, 6.45) is 4.49. The van der Waals surface area contributed by atoms with Crippen molar-refractivity contribution >= 4 is 44.9 Å². The topological polar surface area (TPSA) is 9.86 Å². The van der Waals surface area contributed by atoms with Crippen molar-refractivity contribution in [3.63, 3.8) is 0 Å². The number of nitrogens with zero attached hydrogens (tertiary/aromatic N) is 2. The zero-order valence-electron chi connectivity index (χ0n) is 35.3. The standard InChI is InChI=1S/C61H44N2/c1-61(2)54-38-42(27-26-41-28-31-43(32-29-41)44-33-35-48(36-34-44)62-56-24-14-12-22-50(56)51-23-13-15-25-57(51)62)30-37-49(54)52-39-53-58(40-55(52)61)63(47-20-10-5-11-21-47)60(46-18-8-4-9-19-46)59(53)45-16-6-3-7-17-45/h3-40H,1-2H3/b27-26+. The molecule has 2 heteroatoms. The van der Waals surface area contributed by atoms with Crippen LogP contribution in [0.5, 0.6) is 0 Å². The van der Waals surface area contributed by atoms with Gasteiger partial charge in [0.2, 0.25) is 0 Å². The number of aromatic nitrogens is 2. The number of para-hydroxylation sites is 3. The van der Waals surface area contributed by atoms with Gasteiger partial charge >= 0.3 is 0 Å². The third-order valence-corrected chi connectivity index (χ3v) is 13.3. The lowest BCUT2D eigenvalue weighted by Crippen LogP contribution is -2.15. The molecule has 0 amide bonds. The van der Waals surface area contributed by atoms with Gasteiger partial charge in [0.15, 0.2) is 0 Å². The molecule has 0 fully saturated rings. The van der Waals surface area contributed by atoms with Crippen molar-refractivity contribution < 1.29 is 0 Å². The third-order valence-electron chi connectivity index (χ3n) is 13.3. The van der Waals surface area contributed by atoms with Gasteiger partial charge in [-0.3, -0.25) is 0 Å². The molecule has 2 heterocycles. The second kappa shape index (κ2) is 14.6. The summed E-state index contributed by atoms with van der Waals surface area (Å²) in [5.41, 5.74) is 20.9. The van der Waals surface area contributed by atoms with Crippen molar-refractivity contribution in [1.82, 2.24) is 9.13 Å². The number of rotatable bonds is 7. The molecule has 1 aliphatic carbocycles. The van der Waals surface area contributed by atoms with Gasteiger partial charge in [0, 0.05) is 38.5 Å². The lowest BCUT2D eigenvalue weighted by Gasteiger charge is -2.22. The first kappa shape index (κ1) is 36.9. The lowest BCUT2D eigenvalue weighted by atomic mass is 9.81. The van der Waals surface area contributed by atoms with Gasteiger partial charge in [-0.15, -0.1) is 0 Å². The Kier molecular flexibility index (Phi) is 8.55. The van der Waals surface area contributed by atoms with E-state index >= 15 is 0 Å². The maximum Gasteiger partial charge on any atom is 0.0619 e. The second-order valence-corrected chi connectivity index (χ2v) is 17.3. The fourth-order valence-electron chi connectivity index (χ4n) is 10.2. The van der Waals surface area contributed by atoms with Crippen LogP contribution in [0.25, 0.3) is 101 Å². The average molecular weight is 805 g/mol. The van der Waals surface area contributed by atoms with Crippen LogP contribution in [0.1, 0.15) is 36.1 Å². The summed E-state index contributed by atoms with van der Waals surface area (Å²) in [5, 5.41) is 3.82. The maximum atomic E-state index is 2.48. The van der Waals surface area contributed by atoms with E-state index in [4.69, 9.17) is 0 Å². The van der Waals surface area contributed by atoms with E-state index in [0.717, 1.165) is 5.69 Å². The fraction of sp³-hybridized carbons (Fsp3) is 0.0492. The van der Waals surface area contributed by atoms with Crippen molar-refractivity contribution in [3.05, 3.63) is 241 Å². The molecule has 0 atom stereocenters. The quantitative estimate of drug-likeness (QED) is 0.142. The summed E-state index contributed by atoms with van der Waals surface area (Å²) in [7, 11) is 0. The van der Waals surface area contributed by atoms with Crippen molar-refractivity contribution in [1.29, 1.82) is 0 Å². The molecular weight excluding hydrogens is 761 g/mol. The minimum Gasteiger partial charge on any atom is -0.309 e. The van der Waals surface area contributed by atoms with Crippen LogP contribution in [0.2, 0.25) is 0 Å². The number of fused-ring (bicyclic) bond motifs is 7. The molecule has 0 unspecified atom stereocenters. The number of hydrogen-bond donors (Lipinski definition) is 0. The predicted octanol–water partition coefficient (Wildman–Crippen LogP) is 16.2. The van der Waals surface area contributed by atoms with Gasteiger partial charge in [0.05, 0.1) is 22.2 Å². The third kappa shape index (κ3) is 6.02. The molecule has 0 spiro atoms. The maximum absolute atomic E-state index is 2.48. The molecule has 0 saturated heterocycles. The van der Waals surface area contributed by atoms with E-state index in [-0.39, 0.29) is 5.41 Å². The Morgan fingerprint density at radius 3 is 1.51 bits per heavy atom. The second-order valence-electron chi connectivity index (χ2n) is 17.3. The summed E-state index contributed by atoms with van der Waals surface area (Å²) in [5.74, 6) is 0. The van der Waals surface area contributed by atoms with Crippen LogP contribution in [0, 0.1) is 0 Å². The summed E-state index contributed by atoms with van der Waals surface area (Å²) < 4.78 is 4.85. The smallest absolute Gasteiger partial charge is 0.0619 e. The van der Waals surface area contributed by atoms with Crippen molar-refractivity contribution in [2.75, 3.05) is 0 Å². The molecule has 9 aromatic carbocycles. The Morgan fingerprint density at radius 1 is 0.349 bits per heavy atom. The molecule has 11 aromatic rings. The molecule has 2 nitrogen and oxygen atoms in total. The zero-order valence-corrected chi connectivity index (χ0v) is 35.3.